The molecule has 1 N–H and O–H groups in total. The summed E-state index contributed by atoms with van der Waals surface area (Å²) in [7, 11) is 0. The molecule has 2 aromatic carbocycles. The summed E-state index contributed by atoms with van der Waals surface area (Å²) in [4.78, 5) is 27.6. The molecule has 0 heterocycles. The first-order valence-corrected chi connectivity index (χ1v) is 11.2. The van der Waals surface area contributed by atoms with E-state index in [4.69, 9.17) is 16.3 Å². The van der Waals surface area contributed by atoms with E-state index in [1.165, 1.54) is 0 Å². The number of rotatable bonds is 8. The molecule has 1 atom stereocenters. The standard InChI is InChI=1S/C25H31ClN2O3/c1-17-12-18(2)14-23(13-17)31-16-24(29)28(15-20-8-10-21(26)11-9-20)19(3)25(30)27-22-6-4-5-7-22/h8-14,19,22H,4-7,15-16H2,1-3H3,(H,27,30)/t19-/m0/s1. The minimum absolute atomic E-state index is 0.124. The smallest absolute Gasteiger partial charge is 0.261 e. The summed E-state index contributed by atoms with van der Waals surface area (Å²) in [6.07, 6.45) is 4.27. The average molecular weight is 443 g/mol. The molecule has 0 aromatic heterocycles. The maximum Gasteiger partial charge on any atom is 0.261 e. The maximum atomic E-state index is 13.1. The minimum Gasteiger partial charge on any atom is -0.484 e. The summed E-state index contributed by atoms with van der Waals surface area (Å²) >= 11 is 6.00. The number of carbonyl (C=O) groups is 2. The van der Waals surface area contributed by atoms with Crippen LogP contribution >= 0.6 is 11.6 Å². The highest BCUT2D eigenvalue weighted by atomic mass is 35.5. The third-order valence-electron chi connectivity index (χ3n) is 5.69. The van der Waals surface area contributed by atoms with Gasteiger partial charge in [0.2, 0.25) is 5.91 Å². The molecule has 0 spiro atoms. The van der Waals surface area contributed by atoms with Crippen LogP contribution < -0.4 is 10.1 Å². The number of benzene rings is 2. The number of halogens is 1. The highest BCUT2D eigenvalue weighted by molar-refractivity contribution is 6.30. The van der Waals surface area contributed by atoms with Gasteiger partial charge in [-0.05, 0) is 74.6 Å². The molecule has 6 heteroatoms. The van der Waals surface area contributed by atoms with E-state index in [1.54, 1.807) is 24.0 Å². The Kier molecular flexibility index (Phi) is 7.97. The number of ether oxygens (including phenoxy) is 1. The Labute approximate surface area is 189 Å². The van der Waals surface area contributed by atoms with Crippen molar-refractivity contribution in [2.45, 2.75) is 65.1 Å². The van der Waals surface area contributed by atoms with Crippen LogP contribution in [0.15, 0.2) is 42.5 Å². The van der Waals surface area contributed by atoms with Crippen molar-refractivity contribution in [1.82, 2.24) is 10.2 Å². The number of nitrogens with one attached hydrogen (secondary N) is 1. The van der Waals surface area contributed by atoms with Crippen molar-refractivity contribution < 1.29 is 14.3 Å². The van der Waals surface area contributed by atoms with E-state index < -0.39 is 6.04 Å². The Hall–Kier alpha value is -2.53. The Morgan fingerprint density at radius 1 is 1.10 bits per heavy atom. The number of carbonyl (C=O) groups excluding carboxylic acids is 2. The van der Waals surface area contributed by atoms with E-state index in [1.807, 2.05) is 38.1 Å². The van der Waals surface area contributed by atoms with Crippen molar-refractivity contribution in [2.75, 3.05) is 6.61 Å². The Bertz CT molecular complexity index is 887. The average Bonchev–Trinajstić information content (AvgIpc) is 3.23. The molecule has 1 aliphatic rings. The topological polar surface area (TPSA) is 58.6 Å². The molecular weight excluding hydrogens is 412 g/mol. The van der Waals surface area contributed by atoms with Crippen molar-refractivity contribution in [2.24, 2.45) is 0 Å². The third-order valence-corrected chi connectivity index (χ3v) is 5.94. The van der Waals surface area contributed by atoms with E-state index in [9.17, 15) is 9.59 Å². The van der Waals surface area contributed by atoms with Gasteiger partial charge in [0.1, 0.15) is 11.8 Å². The second-order valence-electron chi connectivity index (χ2n) is 8.43. The summed E-state index contributed by atoms with van der Waals surface area (Å²) in [6.45, 7) is 5.94. The van der Waals surface area contributed by atoms with Crippen molar-refractivity contribution >= 4 is 23.4 Å². The fraction of sp³-hybridized carbons (Fsp3) is 0.440. The minimum atomic E-state index is -0.605. The largest absolute Gasteiger partial charge is 0.484 e. The van der Waals surface area contributed by atoms with Gasteiger partial charge in [0, 0.05) is 17.6 Å². The summed E-state index contributed by atoms with van der Waals surface area (Å²) < 4.78 is 5.79. The summed E-state index contributed by atoms with van der Waals surface area (Å²) in [6, 6.07) is 12.8. The van der Waals surface area contributed by atoms with Crippen LogP contribution in [0.25, 0.3) is 0 Å². The van der Waals surface area contributed by atoms with Crippen LogP contribution in [0.3, 0.4) is 0 Å². The van der Waals surface area contributed by atoms with Gasteiger partial charge in [-0.3, -0.25) is 9.59 Å². The molecule has 1 saturated carbocycles. The molecule has 0 radical (unpaired) electrons. The number of aryl methyl sites for hydroxylation is 2. The van der Waals surface area contributed by atoms with Gasteiger partial charge in [0.05, 0.1) is 0 Å². The molecule has 5 nitrogen and oxygen atoms in total. The molecule has 31 heavy (non-hydrogen) atoms. The molecule has 1 fully saturated rings. The lowest BCUT2D eigenvalue weighted by Crippen LogP contribution is -2.50. The van der Waals surface area contributed by atoms with Gasteiger partial charge in [0.25, 0.3) is 5.91 Å². The van der Waals surface area contributed by atoms with Crippen molar-refractivity contribution in [1.29, 1.82) is 0 Å². The molecule has 166 valence electrons. The van der Waals surface area contributed by atoms with Crippen molar-refractivity contribution in [3.05, 3.63) is 64.2 Å². The Morgan fingerprint density at radius 2 is 1.71 bits per heavy atom. The molecule has 0 unspecified atom stereocenters. The van der Waals surface area contributed by atoms with Gasteiger partial charge in [-0.15, -0.1) is 0 Å². The molecule has 0 bridgehead atoms. The normalized spacial score (nSPS) is 14.8. The van der Waals surface area contributed by atoms with Crippen molar-refractivity contribution in [3.8, 4) is 5.75 Å². The highest BCUT2D eigenvalue weighted by Gasteiger charge is 2.28. The van der Waals surface area contributed by atoms with Crippen LogP contribution in [0.2, 0.25) is 5.02 Å². The summed E-state index contributed by atoms with van der Waals surface area (Å²) in [5.74, 6) is 0.296. The lowest BCUT2D eigenvalue weighted by molar-refractivity contribution is -0.142. The first-order valence-electron chi connectivity index (χ1n) is 10.9. The Morgan fingerprint density at radius 3 is 2.32 bits per heavy atom. The summed E-state index contributed by atoms with van der Waals surface area (Å²) in [5, 5.41) is 3.73. The van der Waals surface area contributed by atoms with Crippen LogP contribution in [0.1, 0.15) is 49.3 Å². The van der Waals surface area contributed by atoms with Crippen LogP contribution in [0, 0.1) is 13.8 Å². The molecule has 3 rings (SSSR count). The van der Waals surface area contributed by atoms with E-state index in [-0.39, 0.29) is 24.5 Å². The molecule has 2 aromatic rings. The van der Waals surface area contributed by atoms with Gasteiger partial charge >= 0.3 is 0 Å². The van der Waals surface area contributed by atoms with Gasteiger partial charge in [-0.2, -0.15) is 0 Å². The monoisotopic (exact) mass is 442 g/mol. The van der Waals surface area contributed by atoms with Crippen LogP contribution in [0.4, 0.5) is 0 Å². The number of amides is 2. The predicted octanol–water partition coefficient (Wildman–Crippen LogP) is 4.81. The van der Waals surface area contributed by atoms with Gasteiger partial charge in [0.15, 0.2) is 6.61 Å². The van der Waals surface area contributed by atoms with Crippen LogP contribution in [0.5, 0.6) is 5.75 Å². The first kappa shape index (κ1) is 23.1. The lowest BCUT2D eigenvalue weighted by Gasteiger charge is -2.29. The summed E-state index contributed by atoms with van der Waals surface area (Å²) in [5.41, 5.74) is 3.05. The van der Waals surface area contributed by atoms with E-state index in [0.717, 1.165) is 42.4 Å². The maximum absolute atomic E-state index is 13.1. The molecule has 1 aliphatic carbocycles. The zero-order valence-corrected chi connectivity index (χ0v) is 19.2. The number of hydrogen-bond donors (Lipinski definition) is 1. The van der Waals surface area contributed by atoms with Crippen molar-refractivity contribution in [3.63, 3.8) is 0 Å². The molecular formula is C25H31ClN2O3. The second-order valence-corrected chi connectivity index (χ2v) is 8.86. The lowest BCUT2D eigenvalue weighted by atomic mass is 10.1. The molecule has 0 aliphatic heterocycles. The van der Waals surface area contributed by atoms with Gasteiger partial charge in [-0.1, -0.05) is 42.6 Å². The fourth-order valence-corrected chi connectivity index (χ4v) is 4.13. The van der Waals surface area contributed by atoms with E-state index in [2.05, 4.69) is 11.4 Å². The number of nitrogens with zero attached hydrogens (tertiary/aromatic N) is 1. The Balaban J connectivity index is 1.72. The number of hydrogen-bond acceptors (Lipinski definition) is 3. The van der Waals surface area contributed by atoms with E-state index in [0.29, 0.717) is 17.3 Å². The zero-order chi connectivity index (χ0) is 22.4. The van der Waals surface area contributed by atoms with Crippen LogP contribution in [-0.4, -0.2) is 35.4 Å². The quantitative estimate of drug-likeness (QED) is 0.638. The predicted molar refractivity (Wildman–Crippen MR) is 123 cm³/mol. The zero-order valence-electron chi connectivity index (χ0n) is 18.5. The molecule has 0 saturated heterocycles. The fourth-order valence-electron chi connectivity index (χ4n) is 4.01. The van der Waals surface area contributed by atoms with E-state index >= 15 is 0 Å². The highest BCUT2D eigenvalue weighted by Crippen LogP contribution is 2.20. The van der Waals surface area contributed by atoms with Crippen LogP contribution in [-0.2, 0) is 16.1 Å². The second kappa shape index (κ2) is 10.7. The van der Waals surface area contributed by atoms with Gasteiger partial charge < -0.3 is 15.0 Å². The third kappa shape index (κ3) is 6.73. The molecule has 2 amide bonds. The first-order chi connectivity index (χ1) is 14.8. The SMILES string of the molecule is Cc1cc(C)cc(OCC(=O)N(Cc2ccc(Cl)cc2)[C@@H](C)C(=O)NC2CCCC2)c1. The van der Waals surface area contributed by atoms with Gasteiger partial charge in [-0.25, -0.2) is 0 Å².